The van der Waals surface area contributed by atoms with Gasteiger partial charge in [0.1, 0.15) is 79.2 Å². The Morgan fingerprint density at radius 3 is 1.34 bits per heavy atom. The van der Waals surface area contributed by atoms with Gasteiger partial charge in [-0.2, -0.15) is 9.97 Å². The van der Waals surface area contributed by atoms with Crippen LogP contribution >= 0.6 is 93.6 Å². The van der Waals surface area contributed by atoms with E-state index in [4.69, 9.17) is 34.3 Å². The molecular weight excluding hydrogens is 1410 g/mol. The molecule has 3 N–H and O–H groups in total. The summed E-state index contributed by atoms with van der Waals surface area (Å²) in [5.74, 6) is -0.435. The summed E-state index contributed by atoms with van der Waals surface area (Å²) in [5.41, 5.74) is 1.92. The monoisotopic (exact) mass is 1460 g/mol. The van der Waals surface area contributed by atoms with Crippen LogP contribution in [0.3, 0.4) is 0 Å². The molecule has 0 saturated carbocycles. The molecule has 3 saturated heterocycles. The molecule has 9 heterocycles. The van der Waals surface area contributed by atoms with Crippen LogP contribution in [-0.2, 0) is 20.8 Å². The molecule has 9 aromatic rings. The highest BCUT2D eigenvalue weighted by atomic mass is 79.9. The van der Waals surface area contributed by atoms with Gasteiger partial charge in [0.25, 0.3) is 5.19 Å². The third kappa shape index (κ3) is 17.5. The van der Waals surface area contributed by atoms with Crippen LogP contribution in [0.4, 0.5) is 31.0 Å². The van der Waals surface area contributed by atoms with E-state index in [9.17, 15) is 27.6 Å². The van der Waals surface area contributed by atoms with E-state index >= 15 is 0 Å². The maximum absolute atomic E-state index is 13.4. The van der Waals surface area contributed by atoms with Gasteiger partial charge in [-0.15, -0.1) is 0 Å². The number of aliphatic carboxylic acids is 3. The van der Waals surface area contributed by atoms with Crippen LogP contribution in [0, 0.1) is 17.5 Å². The minimum atomic E-state index is -1.06. The predicted molar refractivity (Wildman–Crippen MR) is 333 cm³/mol. The van der Waals surface area contributed by atoms with Gasteiger partial charge in [-0.25, -0.2) is 52.9 Å². The van der Waals surface area contributed by atoms with Gasteiger partial charge < -0.3 is 49.0 Å². The van der Waals surface area contributed by atoms with Crippen LogP contribution in [0.15, 0.2) is 90.9 Å². The summed E-state index contributed by atoms with van der Waals surface area (Å²) in [6.07, 6.45) is 9.97. The molecule has 3 aliphatic heterocycles. The zero-order valence-corrected chi connectivity index (χ0v) is 53.5. The fraction of sp³-hybridized carbons (Fsp3) is 0.345. The number of carbonyl (C=O) groups is 3. The van der Waals surface area contributed by atoms with Crippen molar-refractivity contribution in [1.29, 1.82) is 0 Å². The van der Waals surface area contributed by atoms with E-state index in [2.05, 4.69) is 107 Å². The molecule has 3 fully saturated rings. The van der Waals surface area contributed by atoms with E-state index in [-0.39, 0.29) is 53.1 Å². The lowest BCUT2D eigenvalue weighted by atomic mass is 10.1. The third-order valence-corrected chi connectivity index (χ3v) is 19.3. The number of carboxylic acid groups (broad SMARTS) is 3. The van der Waals surface area contributed by atoms with E-state index in [1.807, 2.05) is 0 Å². The van der Waals surface area contributed by atoms with Crippen LogP contribution in [0.25, 0.3) is 31.0 Å². The Morgan fingerprint density at radius 2 is 0.931 bits per heavy atom. The van der Waals surface area contributed by atoms with Crippen molar-refractivity contribution in [3.05, 3.63) is 109 Å². The molecule has 3 aromatic carbocycles. The number of thioether (sulfide) groups is 1. The van der Waals surface area contributed by atoms with Crippen LogP contribution in [-0.4, -0.2) is 148 Å². The number of ether oxygens (including phenoxy) is 4. The quantitative estimate of drug-likeness (QED) is 0.0673. The number of nitrogens with zero attached hydrogens (tertiary/aromatic N) is 12. The van der Waals surface area contributed by atoms with Crippen molar-refractivity contribution in [2.75, 3.05) is 66.3 Å². The highest BCUT2D eigenvalue weighted by molar-refractivity contribution is 9.11. The fourth-order valence-electron chi connectivity index (χ4n) is 9.10. The van der Waals surface area contributed by atoms with Gasteiger partial charge >= 0.3 is 17.9 Å². The summed E-state index contributed by atoms with van der Waals surface area (Å²) >= 11 is 15.3. The normalized spacial score (nSPS) is 15.0. The summed E-state index contributed by atoms with van der Waals surface area (Å²) in [5, 5.41) is 27.3. The third-order valence-electron chi connectivity index (χ3n) is 13.3. The molecule has 32 heteroatoms. The van der Waals surface area contributed by atoms with Gasteiger partial charge in [-0.05, 0) is 84.2 Å². The van der Waals surface area contributed by atoms with E-state index in [0.717, 1.165) is 92.8 Å². The second-order valence-electron chi connectivity index (χ2n) is 19.5. The van der Waals surface area contributed by atoms with Gasteiger partial charge in [0.05, 0.1) is 49.2 Å². The second-order valence-corrected chi connectivity index (χ2v) is 26.3. The van der Waals surface area contributed by atoms with Crippen molar-refractivity contribution < 1.29 is 61.8 Å². The number of fused-ring (bicyclic) bond motifs is 3. The molecule has 0 amide bonds. The van der Waals surface area contributed by atoms with Crippen LogP contribution < -0.4 is 33.6 Å². The zero-order chi connectivity index (χ0) is 61.1. The summed E-state index contributed by atoms with van der Waals surface area (Å²) in [4.78, 5) is 80.3. The molecule has 0 unspecified atom stereocenters. The SMILES string of the molecule is O=C(O)CCc1nc2cnc(N3CCC(Oc4cc(F)ccc4Br)CC3)nc2s1.O=C(O)COc1nc2cnc(N3CCC(Oc4cc(F)ccc4Br)CC3)nc2s1.O=C(O)CSc1nc2cnc(N3CCC(Oc4cc(F)ccc4Br)CC3)nc2s1. The molecule has 6 aromatic heterocycles. The molecule has 0 bridgehead atoms. The Bertz CT molecular complexity index is 3520. The van der Waals surface area contributed by atoms with Crippen molar-refractivity contribution in [2.45, 2.75) is 74.0 Å². The van der Waals surface area contributed by atoms with E-state index in [1.165, 1.54) is 82.2 Å². The maximum Gasteiger partial charge on any atom is 0.341 e. The van der Waals surface area contributed by atoms with Crippen molar-refractivity contribution in [1.82, 2.24) is 44.9 Å². The lowest BCUT2D eigenvalue weighted by molar-refractivity contribution is -0.139. The number of carboxylic acids is 3. The second kappa shape index (κ2) is 29.4. The summed E-state index contributed by atoms with van der Waals surface area (Å²) in [7, 11) is 0. The van der Waals surface area contributed by atoms with Crippen molar-refractivity contribution >= 4 is 160 Å². The van der Waals surface area contributed by atoms with Gasteiger partial charge in [0.15, 0.2) is 15.8 Å². The average Bonchev–Trinajstić information content (AvgIpc) is 3.81. The Hall–Kier alpha value is -6.84. The highest BCUT2D eigenvalue weighted by Gasteiger charge is 2.27. The predicted octanol–water partition coefficient (Wildman–Crippen LogP) is 11.8. The molecule has 0 atom stereocenters. The molecule has 22 nitrogen and oxygen atoms in total. The molecule has 0 aliphatic carbocycles. The number of aromatic nitrogens is 9. The Kier molecular flexibility index (Phi) is 21.4. The maximum atomic E-state index is 13.4. The van der Waals surface area contributed by atoms with Crippen molar-refractivity contribution in [3.8, 4) is 22.4 Å². The topological polar surface area (TPSA) is 275 Å². The van der Waals surface area contributed by atoms with Crippen molar-refractivity contribution in [2.24, 2.45) is 0 Å². The summed E-state index contributed by atoms with van der Waals surface area (Å²) in [6, 6.07) is 13.2. The number of thiazole rings is 3. The number of halogens is 6. The first kappa shape index (κ1) is 63.2. The number of rotatable bonds is 18. The van der Waals surface area contributed by atoms with Gasteiger partial charge in [0.2, 0.25) is 17.8 Å². The lowest BCUT2D eigenvalue weighted by Crippen LogP contribution is -2.39. The van der Waals surface area contributed by atoms with Crippen LogP contribution in [0.5, 0.6) is 22.4 Å². The molecular formula is C55H50Br3F3N12O10S4. The highest BCUT2D eigenvalue weighted by Crippen LogP contribution is 2.35. The minimum Gasteiger partial charge on any atom is -0.489 e. The average molecular weight is 1460 g/mol. The molecule has 456 valence electrons. The number of anilines is 3. The Labute approximate surface area is 535 Å². The Balaban J connectivity index is 0.000000144. The molecule has 12 rings (SSSR count). The number of aryl methyl sites for hydroxylation is 1. The summed E-state index contributed by atoms with van der Waals surface area (Å²) < 4.78 is 66.1. The van der Waals surface area contributed by atoms with E-state index in [0.29, 0.717) is 80.3 Å². The van der Waals surface area contributed by atoms with E-state index in [1.54, 1.807) is 36.8 Å². The molecule has 87 heavy (non-hydrogen) atoms. The number of piperidine rings is 3. The molecule has 0 radical (unpaired) electrons. The fourth-order valence-corrected chi connectivity index (χ4v) is 13.5. The molecule has 0 spiro atoms. The zero-order valence-electron chi connectivity index (χ0n) is 45.4. The van der Waals surface area contributed by atoms with Crippen LogP contribution in [0.2, 0.25) is 0 Å². The van der Waals surface area contributed by atoms with E-state index < -0.39 is 24.5 Å². The molecule has 3 aliphatic rings. The first-order chi connectivity index (χ1) is 41.9. The number of hydrogen-bond donors (Lipinski definition) is 3. The lowest BCUT2D eigenvalue weighted by Gasteiger charge is -2.32. The summed E-state index contributed by atoms with van der Waals surface area (Å²) in [6.45, 7) is 3.86. The standard InChI is InChI=1S/C19H18BrFN4O3S.C18H16BrFN4O4S.C18H16BrFN4O3S2/c20-13-2-1-11(21)9-15(13)28-12-5-7-25(8-6-12)19-22-10-14-18(24-19)29-16(23-14)3-4-17(26)27;19-12-2-1-10(20)7-14(12)28-11-3-5-24(6-4-11)17-21-8-13-16(23-17)29-18(22-13)27-9-15(25)26;19-12-2-1-10(20)7-14(12)27-11-3-5-24(6-4-11)17-21-8-13-16(23-17)29-18(22-13)28-9-15(25)26/h1-2,9-10,12H,3-8H2,(H,26,27);2*1-2,7-8,11H,3-6,9H2,(H,25,26). The van der Waals surface area contributed by atoms with Gasteiger partial charge in [-0.3, -0.25) is 9.59 Å². The number of hydrogen-bond acceptors (Lipinski definition) is 23. The van der Waals surface area contributed by atoms with Gasteiger partial charge in [-0.1, -0.05) is 45.8 Å². The van der Waals surface area contributed by atoms with Gasteiger partial charge in [0, 0.05) is 102 Å². The number of benzene rings is 3. The van der Waals surface area contributed by atoms with Crippen LogP contribution in [0.1, 0.15) is 50.0 Å². The first-order valence-corrected chi connectivity index (χ1v) is 32.7. The minimum absolute atomic E-state index is 0.000827. The Morgan fingerprint density at radius 1 is 0.529 bits per heavy atom. The largest absolute Gasteiger partial charge is 0.489 e. The smallest absolute Gasteiger partial charge is 0.341 e. The van der Waals surface area contributed by atoms with Crippen molar-refractivity contribution in [3.63, 3.8) is 0 Å². The first-order valence-electron chi connectivity index (χ1n) is 26.8.